The Morgan fingerprint density at radius 2 is 1.80 bits per heavy atom. The highest BCUT2D eigenvalue weighted by atomic mass is 32.2. The molecular formula is C12H14N2O5S. The van der Waals surface area contributed by atoms with Crippen LogP contribution in [0.15, 0.2) is 29.1 Å². The van der Waals surface area contributed by atoms with E-state index >= 15 is 0 Å². The number of benzene rings is 1. The van der Waals surface area contributed by atoms with Gasteiger partial charge < -0.3 is 10.8 Å². The van der Waals surface area contributed by atoms with Crippen molar-refractivity contribution < 1.29 is 18.1 Å². The van der Waals surface area contributed by atoms with Crippen LogP contribution in [0.5, 0.6) is 5.88 Å². The second-order valence-corrected chi connectivity index (χ2v) is 5.95. The molecule has 108 valence electrons. The maximum atomic E-state index is 12.0. The van der Waals surface area contributed by atoms with E-state index in [9.17, 15) is 18.3 Å². The Morgan fingerprint density at radius 1 is 1.20 bits per heavy atom. The number of rotatable bonds is 4. The quantitative estimate of drug-likeness (QED) is 0.709. The fraction of sp³-hybridized carbons (Fsp3) is 0.250. The first-order valence-corrected chi connectivity index (χ1v) is 7.47. The van der Waals surface area contributed by atoms with Crippen molar-refractivity contribution >= 4 is 26.6 Å². The van der Waals surface area contributed by atoms with E-state index in [4.69, 9.17) is 10.3 Å². The van der Waals surface area contributed by atoms with E-state index in [1.54, 1.807) is 24.3 Å². The van der Waals surface area contributed by atoms with Gasteiger partial charge in [-0.25, -0.2) is 0 Å². The van der Waals surface area contributed by atoms with Crippen LogP contribution in [0.3, 0.4) is 0 Å². The lowest BCUT2D eigenvalue weighted by Crippen LogP contribution is -2.24. The van der Waals surface area contributed by atoms with E-state index in [0.29, 0.717) is 10.8 Å². The third-order valence-corrected chi connectivity index (χ3v) is 3.78. The van der Waals surface area contributed by atoms with Crippen LogP contribution in [0.2, 0.25) is 0 Å². The second-order valence-electron chi connectivity index (χ2n) is 4.38. The molecule has 0 bridgehead atoms. The maximum absolute atomic E-state index is 12.0. The lowest BCUT2D eigenvalue weighted by Gasteiger charge is -2.12. The van der Waals surface area contributed by atoms with Gasteiger partial charge in [0, 0.05) is 17.3 Å². The summed E-state index contributed by atoms with van der Waals surface area (Å²) >= 11 is 0. The molecule has 0 aliphatic carbocycles. The van der Waals surface area contributed by atoms with Crippen molar-refractivity contribution in [3.05, 3.63) is 34.6 Å². The Bertz CT molecular complexity index is 810. The minimum Gasteiger partial charge on any atom is -0.494 e. The summed E-state index contributed by atoms with van der Waals surface area (Å²) in [5.74, 6) is -0.763. The zero-order chi connectivity index (χ0) is 14.9. The number of anilines is 1. The predicted molar refractivity (Wildman–Crippen MR) is 75.3 cm³/mol. The summed E-state index contributed by atoms with van der Waals surface area (Å²) in [5, 5.41) is 10.9. The number of nitrogen functional groups attached to an aromatic ring is 1. The smallest absolute Gasteiger partial charge is 0.277 e. The van der Waals surface area contributed by atoms with Gasteiger partial charge in [-0.15, -0.1) is 0 Å². The number of fused-ring (bicyclic) bond motifs is 1. The van der Waals surface area contributed by atoms with E-state index in [1.165, 1.54) is 0 Å². The molecule has 0 fully saturated rings. The molecule has 0 saturated heterocycles. The summed E-state index contributed by atoms with van der Waals surface area (Å²) in [4.78, 5) is 12.0. The lowest BCUT2D eigenvalue weighted by molar-refractivity contribution is 0.410. The van der Waals surface area contributed by atoms with Gasteiger partial charge in [-0.1, -0.05) is 18.2 Å². The van der Waals surface area contributed by atoms with Crippen LogP contribution in [0, 0.1) is 0 Å². The number of hydrogen-bond acceptors (Lipinski definition) is 5. The molecule has 2 aromatic rings. The van der Waals surface area contributed by atoms with Gasteiger partial charge in [0.1, 0.15) is 5.69 Å². The lowest BCUT2D eigenvalue weighted by atomic mass is 10.1. The molecule has 0 aliphatic rings. The van der Waals surface area contributed by atoms with Crippen LogP contribution < -0.4 is 11.3 Å². The van der Waals surface area contributed by atoms with Crippen LogP contribution in [-0.4, -0.2) is 28.4 Å². The van der Waals surface area contributed by atoms with E-state index in [1.807, 2.05) is 0 Å². The van der Waals surface area contributed by atoms with Gasteiger partial charge in [-0.3, -0.25) is 13.9 Å². The number of nitrogens with zero attached hydrogens (tertiary/aromatic N) is 1. The topological polar surface area (TPSA) is 123 Å². The molecule has 20 heavy (non-hydrogen) atoms. The zero-order valence-corrected chi connectivity index (χ0v) is 11.3. The van der Waals surface area contributed by atoms with Gasteiger partial charge in [0.2, 0.25) is 5.88 Å². The van der Waals surface area contributed by atoms with Crippen molar-refractivity contribution in [1.82, 2.24) is 4.57 Å². The molecule has 1 aromatic heterocycles. The predicted octanol–water partition coefficient (Wildman–Crippen LogP) is 0.567. The zero-order valence-electron chi connectivity index (χ0n) is 10.5. The number of aromatic nitrogens is 1. The summed E-state index contributed by atoms with van der Waals surface area (Å²) in [6.07, 6.45) is -0.00984. The molecule has 4 N–H and O–H groups in total. The van der Waals surface area contributed by atoms with Crippen LogP contribution in [0.1, 0.15) is 6.42 Å². The standard InChI is InChI=1S/C12H14N2O5S/c13-10-8-4-1-2-5-9(8)11(15)14(12(10)16)6-3-7-20(17,18)19/h1-2,4-5,15H,3,6-7,13H2,(H,17,18,19). The third kappa shape index (κ3) is 2.75. The average molecular weight is 298 g/mol. The third-order valence-electron chi connectivity index (χ3n) is 2.97. The van der Waals surface area contributed by atoms with Crippen LogP contribution in [0.4, 0.5) is 5.69 Å². The van der Waals surface area contributed by atoms with Gasteiger partial charge in [0.15, 0.2) is 0 Å². The van der Waals surface area contributed by atoms with E-state index in [2.05, 4.69) is 0 Å². The number of hydrogen-bond donors (Lipinski definition) is 3. The molecule has 0 atom stereocenters. The maximum Gasteiger partial charge on any atom is 0.277 e. The molecule has 0 amide bonds. The molecule has 0 aliphatic heterocycles. The first-order valence-electron chi connectivity index (χ1n) is 5.86. The summed E-state index contributed by atoms with van der Waals surface area (Å²) < 4.78 is 31.0. The average Bonchev–Trinajstić information content (AvgIpc) is 2.39. The van der Waals surface area contributed by atoms with Gasteiger partial charge >= 0.3 is 0 Å². The van der Waals surface area contributed by atoms with E-state index in [-0.39, 0.29) is 24.5 Å². The Labute approximate surface area is 115 Å². The van der Waals surface area contributed by atoms with Crippen LogP contribution >= 0.6 is 0 Å². The van der Waals surface area contributed by atoms with Crippen LogP contribution in [-0.2, 0) is 16.7 Å². The molecule has 8 heteroatoms. The van der Waals surface area contributed by atoms with Crippen molar-refractivity contribution in [2.45, 2.75) is 13.0 Å². The first kappa shape index (κ1) is 14.4. The highest BCUT2D eigenvalue weighted by molar-refractivity contribution is 7.85. The van der Waals surface area contributed by atoms with E-state index in [0.717, 1.165) is 4.57 Å². The van der Waals surface area contributed by atoms with Gasteiger partial charge in [0.25, 0.3) is 15.7 Å². The number of pyridine rings is 1. The number of nitrogens with two attached hydrogens (primary N) is 1. The summed E-state index contributed by atoms with van der Waals surface area (Å²) in [6.45, 7) is -0.0561. The van der Waals surface area contributed by atoms with Crippen LogP contribution in [0.25, 0.3) is 10.8 Å². The van der Waals surface area contributed by atoms with Crippen molar-refractivity contribution in [2.24, 2.45) is 0 Å². The molecule has 0 unspecified atom stereocenters. The minimum atomic E-state index is -4.10. The Morgan fingerprint density at radius 3 is 2.40 bits per heavy atom. The molecule has 1 heterocycles. The Balaban J connectivity index is 2.46. The fourth-order valence-corrected chi connectivity index (χ4v) is 2.52. The minimum absolute atomic E-state index is 0.00902. The highest BCUT2D eigenvalue weighted by Gasteiger charge is 2.14. The summed E-state index contributed by atoms with van der Waals surface area (Å²) in [5.41, 5.74) is 5.14. The van der Waals surface area contributed by atoms with Gasteiger partial charge in [-0.05, 0) is 12.5 Å². The van der Waals surface area contributed by atoms with E-state index < -0.39 is 21.4 Å². The molecule has 2 rings (SSSR count). The summed E-state index contributed by atoms with van der Waals surface area (Å²) in [6, 6.07) is 6.61. The fourth-order valence-electron chi connectivity index (χ4n) is 2.03. The molecule has 0 saturated carbocycles. The Hall–Kier alpha value is -2.06. The normalized spacial score (nSPS) is 11.8. The second kappa shape index (κ2) is 5.14. The van der Waals surface area contributed by atoms with Crippen molar-refractivity contribution in [2.75, 3.05) is 11.5 Å². The monoisotopic (exact) mass is 298 g/mol. The first-order chi connectivity index (χ1) is 9.31. The molecule has 7 nitrogen and oxygen atoms in total. The number of aromatic hydroxyl groups is 1. The van der Waals surface area contributed by atoms with Crippen molar-refractivity contribution in [3.8, 4) is 5.88 Å². The van der Waals surface area contributed by atoms with Gasteiger partial charge in [-0.2, -0.15) is 8.42 Å². The van der Waals surface area contributed by atoms with Crippen molar-refractivity contribution in [1.29, 1.82) is 0 Å². The highest BCUT2D eigenvalue weighted by Crippen LogP contribution is 2.26. The molecular weight excluding hydrogens is 284 g/mol. The van der Waals surface area contributed by atoms with Crippen molar-refractivity contribution in [3.63, 3.8) is 0 Å². The summed E-state index contributed by atoms with van der Waals surface area (Å²) in [7, 11) is -4.10. The Kier molecular flexibility index (Phi) is 3.69. The molecule has 0 spiro atoms. The molecule has 0 radical (unpaired) electrons. The SMILES string of the molecule is Nc1c(=O)n(CCCS(=O)(=O)O)c(O)c2ccccc12. The van der Waals surface area contributed by atoms with Gasteiger partial charge in [0.05, 0.1) is 5.75 Å². The largest absolute Gasteiger partial charge is 0.494 e. The molecule has 1 aromatic carbocycles.